The lowest BCUT2D eigenvalue weighted by Gasteiger charge is -2.36. The van der Waals surface area contributed by atoms with Crippen molar-refractivity contribution in [2.75, 3.05) is 25.5 Å². The molecule has 4 heteroatoms. The molecule has 1 amide bonds. The second kappa shape index (κ2) is 5.29. The maximum Gasteiger partial charge on any atom is 0.230 e. The van der Waals surface area contributed by atoms with Gasteiger partial charge in [0, 0.05) is 18.1 Å². The number of pyridine rings is 1. The molecule has 2 aliphatic heterocycles. The number of fused-ring (bicyclic) bond motifs is 1. The number of likely N-dealkylation sites (tertiary alicyclic amines) is 1. The molecule has 0 saturated carbocycles. The maximum atomic E-state index is 12.4. The number of nitrogens with zero attached hydrogens (tertiary/aromatic N) is 2. The lowest BCUT2D eigenvalue weighted by atomic mass is 9.73. The predicted molar refractivity (Wildman–Crippen MR) is 77.1 cm³/mol. The molecular weight excluding hydrogens is 238 g/mol. The van der Waals surface area contributed by atoms with E-state index in [1.807, 2.05) is 12.3 Å². The van der Waals surface area contributed by atoms with Crippen molar-refractivity contribution in [2.24, 2.45) is 5.41 Å². The molecule has 2 aliphatic rings. The highest BCUT2D eigenvalue weighted by atomic mass is 16.2. The number of carbonyl (C=O) groups excluding carboxylic acids is 1. The molecule has 1 saturated heterocycles. The number of carbonyl (C=O) groups is 1. The van der Waals surface area contributed by atoms with Gasteiger partial charge in [-0.2, -0.15) is 0 Å². The molecule has 1 N–H and O–H groups in total. The third-order valence-corrected chi connectivity index (χ3v) is 4.33. The van der Waals surface area contributed by atoms with Gasteiger partial charge in [0.15, 0.2) is 0 Å². The number of rotatable bonds is 0. The van der Waals surface area contributed by atoms with Gasteiger partial charge in [0.2, 0.25) is 5.91 Å². The van der Waals surface area contributed by atoms with Crippen LogP contribution in [0.25, 0.3) is 0 Å². The second-order valence-corrected chi connectivity index (χ2v) is 5.60. The van der Waals surface area contributed by atoms with E-state index in [-0.39, 0.29) is 18.7 Å². The van der Waals surface area contributed by atoms with Crippen LogP contribution >= 0.6 is 0 Å². The highest BCUT2D eigenvalue weighted by Crippen LogP contribution is 2.40. The number of amides is 1. The van der Waals surface area contributed by atoms with Gasteiger partial charge in [-0.1, -0.05) is 7.43 Å². The molecule has 1 atom stereocenters. The highest BCUT2D eigenvalue weighted by molar-refractivity contribution is 5.98. The molecule has 19 heavy (non-hydrogen) atoms. The molecule has 3 heterocycles. The van der Waals surface area contributed by atoms with E-state index in [9.17, 15) is 4.79 Å². The molecule has 3 rings (SSSR count). The summed E-state index contributed by atoms with van der Waals surface area (Å²) in [6.45, 7) is 2.10. The Morgan fingerprint density at radius 2 is 2.21 bits per heavy atom. The van der Waals surface area contributed by atoms with Gasteiger partial charge >= 0.3 is 0 Å². The van der Waals surface area contributed by atoms with Crippen LogP contribution in [0.5, 0.6) is 0 Å². The van der Waals surface area contributed by atoms with Crippen LogP contribution in [-0.4, -0.2) is 35.9 Å². The van der Waals surface area contributed by atoms with Crippen LogP contribution in [0.3, 0.4) is 0 Å². The molecule has 1 spiro atoms. The molecule has 0 radical (unpaired) electrons. The van der Waals surface area contributed by atoms with Gasteiger partial charge in [-0.25, -0.2) is 0 Å². The monoisotopic (exact) mass is 261 g/mol. The quantitative estimate of drug-likeness (QED) is 0.779. The van der Waals surface area contributed by atoms with E-state index >= 15 is 0 Å². The zero-order chi connectivity index (χ0) is 12.6. The van der Waals surface area contributed by atoms with Gasteiger partial charge < -0.3 is 10.2 Å². The van der Waals surface area contributed by atoms with Gasteiger partial charge in [0.1, 0.15) is 0 Å². The molecule has 104 valence electrons. The van der Waals surface area contributed by atoms with Crippen molar-refractivity contribution < 1.29 is 4.79 Å². The Labute approximate surface area is 115 Å². The minimum Gasteiger partial charge on any atom is -0.325 e. The van der Waals surface area contributed by atoms with Gasteiger partial charge in [-0.3, -0.25) is 9.78 Å². The average molecular weight is 261 g/mol. The van der Waals surface area contributed by atoms with Crippen LogP contribution in [0, 0.1) is 5.41 Å². The first-order valence-electron chi connectivity index (χ1n) is 6.63. The largest absolute Gasteiger partial charge is 0.325 e. The number of hydrogen-bond acceptors (Lipinski definition) is 3. The normalized spacial score (nSPS) is 27.1. The minimum absolute atomic E-state index is 0. The van der Waals surface area contributed by atoms with E-state index in [1.165, 1.54) is 5.56 Å². The van der Waals surface area contributed by atoms with Crippen LogP contribution in [0.2, 0.25) is 0 Å². The molecular formula is C15H23N3O. The Bertz CT molecular complexity index is 474. The van der Waals surface area contributed by atoms with Crippen LogP contribution in [0.1, 0.15) is 32.3 Å². The number of aromatic nitrogens is 1. The molecule has 1 unspecified atom stereocenters. The lowest BCUT2D eigenvalue weighted by molar-refractivity contribution is -0.126. The first-order valence-corrected chi connectivity index (χ1v) is 6.63. The number of anilines is 1. The summed E-state index contributed by atoms with van der Waals surface area (Å²) in [6.07, 6.45) is 7.50. The summed E-state index contributed by atoms with van der Waals surface area (Å²) in [4.78, 5) is 18.9. The Balaban J connectivity index is 0.00000133. The van der Waals surface area contributed by atoms with Gasteiger partial charge in [-0.05, 0) is 57.5 Å². The van der Waals surface area contributed by atoms with E-state index in [4.69, 9.17) is 0 Å². The fourth-order valence-electron chi connectivity index (χ4n) is 3.12. The second-order valence-electron chi connectivity index (χ2n) is 5.60. The summed E-state index contributed by atoms with van der Waals surface area (Å²) in [5, 5.41) is 3.07. The van der Waals surface area contributed by atoms with E-state index in [1.54, 1.807) is 6.20 Å². The van der Waals surface area contributed by atoms with Gasteiger partial charge in [0.05, 0.1) is 5.41 Å². The molecule has 1 fully saturated rings. The summed E-state index contributed by atoms with van der Waals surface area (Å²) in [6, 6.07) is 1.89. The maximum absolute atomic E-state index is 12.4. The van der Waals surface area contributed by atoms with Crippen LogP contribution < -0.4 is 5.32 Å². The van der Waals surface area contributed by atoms with Crippen molar-refractivity contribution in [1.29, 1.82) is 0 Å². The van der Waals surface area contributed by atoms with Crippen molar-refractivity contribution in [3.05, 3.63) is 24.0 Å². The fraction of sp³-hybridized carbons (Fsp3) is 0.600. The third-order valence-electron chi connectivity index (χ3n) is 4.33. The van der Waals surface area contributed by atoms with Crippen molar-refractivity contribution in [3.8, 4) is 0 Å². The SMILES string of the molecule is C.CN1CCCC2(CC1)Cc1cnccc1NC2=O. The Hall–Kier alpha value is -1.42. The summed E-state index contributed by atoms with van der Waals surface area (Å²) in [7, 11) is 2.13. The van der Waals surface area contributed by atoms with E-state index in [0.29, 0.717) is 0 Å². The smallest absolute Gasteiger partial charge is 0.230 e. The van der Waals surface area contributed by atoms with Gasteiger partial charge in [0.25, 0.3) is 0 Å². The first kappa shape index (κ1) is 14.0. The van der Waals surface area contributed by atoms with Crippen LogP contribution in [0.4, 0.5) is 5.69 Å². The number of hydrogen-bond donors (Lipinski definition) is 1. The molecule has 4 nitrogen and oxygen atoms in total. The average Bonchev–Trinajstić information content (AvgIpc) is 2.55. The molecule has 1 aromatic heterocycles. The van der Waals surface area contributed by atoms with E-state index in [2.05, 4.69) is 22.2 Å². The summed E-state index contributed by atoms with van der Waals surface area (Å²) in [5.41, 5.74) is 1.92. The van der Waals surface area contributed by atoms with Crippen molar-refractivity contribution in [1.82, 2.24) is 9.88 Å². The zero-order valence-electron chi connectivity index (χ0n) is 10.8. The minimum atomic E-state index is -0.208. The lowest BCUT2D eigenvalue weighted by Crippen LogP contribution is -2.42. The zero-order valence-corrected chi connectivity index (χ0v) is 10.8. The van der Waals surface area contributed by atoms with Crippen LogP contribution in [0.15, 0.2) is 18.5 Å². The van der Waals surface area contributed by atoms with E-state index in [0.717, 1.165) is 44.5 Å². The summed E-state index contributed by atoms with van der Waals surface area (Å²) in [5.74, 6) is 0.205. The Morgan fingerprint density at radius 1 is 1.37 bits per heavy atom. The van der Waals surface area contributed by atoms with Crippen molar-refractivity contribution in [2.45, 2.75) is 33.1 Å². The van der Waals surface area contributed by atoms with Crippen LogP contribution in [-0.2, 0) is 11.2 Å². The summed E-state index contributed by atoms with van der Waals surface area (Å²) >= 11 is 0. The molecule has 0 aromatic carbocycles. The fourth-order valence-corrected chi connectivity index (χ4v) is 3.12. The molecule has 0 bridgehead atoms. The van der Waals surface area contributed by atoms with E-state index < -0.39 is 0 Å². The molecule has 0 aliphatic carbocycles. The topological polar surface area (TPSA) is 45.2 Å². The third kappa shape index (κ3) is 2.50. The Morgan fingerprint density at radius 3 is 3.05 bits per heavy atom. The summed E-state index contributed by atoms with van der Waals surface area (Å²) < 4.78 is 0. The number of nitrogens with one attached hydrogen (secondary N) is 1. The highest BCUT2D eigenvalue weighted by Gasteiger charge is 2.42. The standard InChI is InChI=1S/C14H19N3O.CH4/c1-17-7-2-4-14(5-8-17)9-11-10-15-6-3-12(11)16-13(14)18;/h3,6,10H,2,4-5,7-9H2,1H3,(H,16,18);1H4. The van der Waals surface area contributed by atoms with Crippen molar-refractivity contribution in [3.63, 3.8) is 0 Å². The predicted octanol–water partition coefficient (Wildman–Crippen LogP) is 2.31. The van der Waals surface area contributed by atoms with Crippen molar-refractivity contribution >= 4 is 11.6 Å². The van der Waals surface area contributed by atoms with Gasteiger partial charge in [-0.15, -0.1) is 0 Å². The molecule has 1 aromatic rings. The Kier molecular flexibility index (Phi) is 3.90. The first-order chi connectivity index (χ1) is 8.70.